The number of carbonyl (C=O) groups excluding carboxylic acids is 2. The van der Waals surface area contributed by atoms with Gasteiger partial charge in [0.2, 0.25) is 11.8 Å². The number of hydrogen-bond acceptors (Lipinski definition) is 3. The van der Waals surface area contributed by atoms with Gasteiger partial charge in [-0.15, -0.1) is 6.58 Å². The number of anilines is 1. The Kier molecular flexibility index (Phi) is 14.4. The Hall–Kier alpha value is -2.14. The van der Waals surface area contributed by atoms with Gasteiger partial charge in [-0.25, -0.2) is 0 Å². The van der Waals surface area contributed by atoms with Crippen LogP contribution in [-0.4, -0.2) is 42.9 Å². The van der Waals surface area contributed by atoms with Crippen molar-refractivity contribution in [2.45, 2.75) is 85.5 Å². The van der Waals surface area contributed by atoms with E-state index < -0.39 is 0 Å². The summed E-state index contributed by atoms with van der Waals surface area (Å²) in [6, 6.07) is 6.09. The topological polar surface area (TPSA) is 61.4 Å². The van der Waals surface area contributed by atoms with Gasteiger partial charge in [-0.2, -0.15) is 0 Å². The summed E-state index contributed by atoms with van der Waals surface area (Å²) >= 11 is 0. The molecule has 5 heteroatoms. The largest absolute Gasteiger partial charge is 0.356 e. The standard InChI is InChI=1S/C27H45N3O2/c1-6-30(21-27(32)29-25-19-23(4)18-24(5)20-25)17-13-9-11-15-26(31)28-16-12-8-7-10-14-22(2)3/h18-20H,2,6-17,21H2,1,3-5H3,(H,28,31)(H,29,32). The molecule has 0 radical (unpaired) electrons. The third kappa shape index (κ3) is 14.0. The zero-order chi connectivity index (χ0) is 23.8. The summed E-state index contributed by atoms with van der Waals surface area (Å²) in [6.07, 6.45) is 9.23. The van der Waals surface area contributed by atoms with Crippen molar-refractivity contribution in [3.8, 4) is 0 Å². The number of nitrogens with one attached hydrogen (secondary N) is 2. The molecule has 0 saturated heterocycles. The van der Waals surface area contributed by atoms with Crippen LogP contribution in [0.25, 0.3) is 0 Å². The van der Waals surface area contributed by atoms with E-state index in [1.54, 1.807) is 0 Å². The number of allylic oxidation sites excluding steroid dienone is 1. The monoisotopic (exact) mass is 443 g/mol. The summed E-state index contributed by atoms with van der Waals surface area (Å²) in [7, 11) is 0. The zero-order valence-corrected chi connectivity index (χ0v) is 20.9. The molecule has 0 spiro atoms. The smallest absolute Gasteiger partial charge is 0.238 e. The maximum absolute atomic E-state index is 12.4. The maximum atomic E-state index is 12.4. The molecule has 0 unspecified atom stereocenters. The van der Waals surface area contributed by atoms with Crippen LogP contribution < -0.4 is 10.6 Å². The van der Waals surface area contributed by atoms with Crippen molar-refractivity contribution < 1.29 is 9.59 Å². The maximum Gasteiger partial charge on any atom is 0.238 e. The Balaban J connectivity index is 2.10. The minimum Gasteiger partial charge on any atom is -0.356 e. The molecular weight excluding hydrogens is 398 g/mol. The number of rotatable bonds is 17. The third-order valence-electron chi connectivity index (χ3n) is 5.55. The molecule has 180 valence electrons. The molecule has 0 heterocycles. The third-order valence-corrected chi connectivity index (χ3v) is 5.55. The summed E-state index contributed by atoms with van der Waals surface area (Å²) < 4.78 is 0. The predicted octanol–water partition coefficient (Wildman–Crippen LogP) is 5.77. The number of hydrogen-bond donors (Lipinski definition) is 2. The first-order valence-corrected chi connectivity index (χ1v) is 12.3. The van der Waals surface area contributed by atoms with Crippen molar-refractivity contribution >= 4 is 17.5 Å². The number of aryl methyl sites for hydroxylation is 2. The van der Waals surface area contributed by atoms with Gasteiger partial charge in [-0.05, 0) is 89.2 Å². The number of unbranched alkanes of at least 4 members (excludes halogenated alkanes) is 5. The number of nitrogens with zero attached hydrogens (tertiary/aromatic N) is 1. The Morgan fingerprint density at radius 3 is 2.16 bits per heavy atom. The van der Waals surface area contributed by atoms with Crippen LogP contribution in [0.15, 0.2) is 30.4 Å². The van der Waals surface area contributed by atoms with Crippen LogP contribution >= 0.6 is 0 Å². The first kappa shape index (κ1) is 27.9. The molecular formula is C27H45N3O2. The fourth-order valence-electron chi connectivity index (χ4n) is 3.82. The molecule has 0 bridgehead atoms. The normalized spacial score (nSPS) is 10.9. The molecule has 0 fully saturated rings. The molecule has 5 nitrogen and oxygen atoms in total. The number of carbonyl (C=O) groups is 2. The zero-order valence-electron chi connectivity index (χ0n) is 20.9. The molecule has 2 N–H and O–H groups in total. The van der Waals surface area contributed by atoms with Gasteiger partial charge in [0.25, 0.3) is 0 Å². The van der Waals surface area contributed by atoms with Crippen LogP contribution in [0.1, 0.15) is 82.8 Å². The molecule has 1 rings (SSSR count). The van der Waals surface area contributed by atoms with E-state index in [9.17, 15) is 9.59 Å². The average Bonchev–Trinajstić information content (AvgIpc) is 2.70. The molecule has 0 atom stereocenters. The van der Waals surface area contributed by atoms with Crippen molar-refractivity contribution in [2.24, 2.45) is 0 Å². The van der Waals surface area contributed by atoms with E-state index in [1.807, 2.05) is 26.0 Å². The fraction of sp³-hybridized carbons (Fsp3) is 0.630. The highest BCUT2D eigenvalue weighted by molar-refractivity contribution is 5.92. The van der Waals surface area contributed by atoms with Crippen molar-refractivity contribution in [3.05, 3.63) is 41.5 Å². The van der Waals surface area contributed by atoms with Crippen molar-refractivity contribution in [2.75, 3.05) is 31.5 Å². The Morgan fingerprint density at radius 2 is 1.50 bits per heavy atom. The number of benzene rings is 1. The number of likely N-dealkylation sites (N-methyl/N-ethyl adjacent to an activating group) is 1. The summed E-state index contributed by atoms with van der Waals surface area (Å²) in [6.45, 7) is 15.0. The summed E-state index contributed by atoms with van der Waals surface area (Å²) in [4.78, 5) is 26.5. The lowest BCUT2D eigenvalue weighted by molar-refractivity contribution is -0.121. The minimum absolute atomic E-state index is 0.0239. The Morgan fingerprint density at radius 1 is 0.875 bits per heavy atom. The molecule has 0 aliphatic heterocycles. The van der Waals surface area contributed by atoms with E-state index in [0.717, 1.165) is 75.0 Å². The second-order valence-corrected chi connectivity index (χ2v) is 9.08. The van der Waals surface area contributed by atoms with Gasteiger partial charge in [0, 0.05) is 18.7 Å². The van der Waals surface area contributed by atoms with Crippen LogP contribution in [0.4, 0.5) is 5.69 Å². The Labute approximate surface area is 196 Å². The highest BCUT2D eigenvalue weighted by Crippen LogP contribution is 2.14. The summed E-state index contributed by atoms with van der Waals surface area (Å²) in [5.74, 6) is 0.183. The van der Waals surface area contributed by atoms with Gasteiger partial charge in [0.1, 0.15) is 0 Å². The van der Waals surface area contributed by atoms with Crippen molar-refractivity contribution in [1.29, 1.82) is 0 Å². The van der Waals surface area contributed by atoms with Gasteiger partial charge in [0.15, 0.2) is 0 Å². The van der Waals surface area contributed by atoms with Gasteiger partial charge in [0.05, 0.1) is 6.54 Å². The summed E-state index contributed by atoms with van der Waals surface area (Å²) in [5, 5.41) is 6.04. The average molecular weight is 444 g/mol. The van der Waals surface area contributed by atoms with E-state index in [-0.39, 0.29) is 11.8 Å². The SMILES string of the molecule is C=C(C)CCCCCCNC(=O)CCCCCN(CC)CC(=O)Nc1cc(C)cc(C)c1. The molecule has 1 aromatic carbocycles. The molecule has 0 aliphatic carbocycles. The number of amides is 2. The second kappa shape index (κ2) is 16.5. The highest BCUT2D eigenvalue weighted by atomic mass is 16.2. The van der Waals surface area contributed by atoms with Crippen LogP contribution in [0.3, 0.4) is 0 Å². The molecule has 0 aliphatic rings. The molecule has 2 amide bonds. The van der Waals surface area contributed by atoms with E-state index >= 15 is 0 Å². The van der Waals surface area contributed by atoms with E-state index in [4.69, 9.17) is 0 Å². The first-order valence-electron chi connectivity index (χ1n) is 12.3. The first-order chi connectivity index (χ1) is 15.3. The van der Waals surface area contributed by atoms with Gasteiger partial charge >= 0.3 is 0 Å². The van der Waals surface area contributed by atoms with Crippen LogP contribution in [0, 0.1) is 13.8 Å². The van der Waals surface area contributed by atoms with Crippen molar-refractivity contribution in [3.63, 3.8) is 0 Å². The minimum atomic E-state index is 0.0239. The predicted molar refractivity (Wildman–Crippen MR) is 136 cm³/mol. The lowest BCUT2D eigenvalue weighted by atomic mass is 10.1. The van der Waals surface area contributed by atoms with E-state index in [0.29, 0.717) is 13.0 Å². The summed E-state index contributed by atoms with van der Waals surface area (Å²) in [5.41, 5.74) is 4.41. The lowest BCUT2D eigenvalue weighted by Crippen LogP contribution is -2.34. The van der Waals surface area contributed by atoms with Crippen molar-refractivity contribution in [1.82, 2.24) is 10.2 Å². The molecule has 32 heavy (non-hydrogen) atoms. The van der Waals surface area contributed by atoms with Crippen LogP contribution in [0.5, 0.6) is 0 Å². The quantitative estimate of drug-likeness (QED) is 0.237. The second-order valence-electron chi connectivity index (χ2n) is 9.08. The van der Waals surface area contributed by atoms with Gasteiger partial charge < -0.3 is 10.6 Å². The molecule has 0 aromatic heterocycles. The Bertz CT molecular complexity index is 695. The van der Waals surface area contributed by atoms with Gasteiger partial charge in [-0.3, -0.25) is 14.5 Å². The lowest BCUT2D eigenvalue weighted by Gasteiger charge is -2.20. The molecule has 0 saturated carbocycles. The highest BCUT2D eigenvalue weighted by Gasteiger charge is 2.10. The van der Waals surface area contributed by atoms with Crippen LogP contribution in [-0.2, 0) is 9.59 Å². The van der Waals surface area contributed by atoms with Crippen LogP contribution in [0.2, 0.25) is 0 Å². The molecule has 1 aromatic rings. The van der Waals surface area contributed by atoms with E-state index in [2.05, 4.69) is 42.0 Å². The van der Waals surface area contributed by atoms with E-state index in [1.165, 1.54) is 18.4 Å². The van der Waals surface area contributed by atoms with Gasteiger partial charge in [-0.1, -0.05) is 37.8 Å². The fourth-order valence-corrected chi connectivity index (χ4v) is 3.82.